The summed E-state index contributed by atoms with van der Waals surface area (Å²) < 4.78 is 5.41. The van der Waals surface area contributed by atoms with E-state index >= 15 is 0 Å². The van der Waals surface area contributed by atoms with E-state index in [2.05, 4.69) is 54.5 Å². The van der Waals surface area contributed by atoms with E-state index in [9.17, 15) is 14.4 Å². The first-order valence-electron chi connectivity index (χ1n) is 14.7. The number of hydrogen-bond donors (Lipinski definition) is 0. The summed E-state index contributed by atoms with van der Waals surface area (Å²) in [5, 5.41) is 0. The fraction of sp³-hybridized carbons (Fsp3) is 0.788. The minimum atomic E-state index is -0.550. The molecular weight excluding hydrogens is 460 g/mol. The van der Waals surface area contributed by atoms with Crippen molar-refractivity contribution in [3.05, 3.63) is 23.8 Å². The average Bonchev–Trinajstić information content (AvgIpc) is 2.83. The van der Waals surface area contributed by atoms with Crippen molar-refractivity contribution in [3.8, 4) is 0 Å². The van der Waals surface area contributed by atoms with E-state index in [-0.39, 0.29) is 56.9 Å². The fourth-order valence-electron chi connectivity index (χ4n) is 9.90. The van der Waals surface area contributed by atoms with Gasteiger partial charge in [-0.15, -0.1) is 0 Å². The molecule has 0 aromatic rings. The van der Waals surface area contributed by atoms with Crippen molar-refractivity contribution in [2.75, 3.05) is 7.11 Å². The summed E-state index contributed by atoms with van der Waals surface area (Å²) in [6, 6.07) is 0. The van der Waals surface area contributed by atoms with Crippen molar-refractivity contribution >= 4 is 17.5 Å². The maximum atomic E-state index is 14.3. The van der Waals surface area contributed by atoms with Crippen molar-refractivity contribution in [2.24, 2.45) is 50.2 Å². The Bertz CT molecular complexity index is 1060. The third kappa shape index (κ3) is 3.55. The minimum Gasteiger partial charge on any atom is -0.469 e. The third-order valence-corrected chi connectivity index (χ3v) is 12.3. The smallest absolute Gasteiger partial charge is 0.312 e. The highest BCUT2D eigenvalue weighted by molar-refractivity contribution is 5.98. The van der Waals surface area contributed by atoms with Crippen molar-refractivity contribution in [3.63, 3.8) is 0 Å². The monoisotopic (exact) mass is 510 g/mol. The Hall–Kier alpha value is -1.71. The summed E-state index contributed by atoms with van der Waals surface area (Å²) in [5.74, 6) is 0.294. The summed E-state index contributed by atoms with van der Waals surface area (Å²) in [4.78, 5) is 40.4. The fourth-order valence-corrected chi connectivity index (χ4v) is 9.90. The molecule has 0 aliphatic heterocycles. The van der Waals surface area contributed by atoms with Crippen molar-refractivity contribution in [1.82, 2.24) is 0 Å². The molecule has 0 amide bonds. The van der Waals surface area contributed by atoms with E-state index in [0.29, 0.717) is 0 Å². The Balaban J connectivity index is 0.00000156. The number of rotatable bonds is 1. The van der Waals surface area contributed by atoms with Gasteiger partial charge in [-0.2, -0.15) is 0 Å². The van der Waals surface area contributed by atoms with Crippen LogP contribution in [0, 0.1) is 50.2 Å². The van der Waals surface area contributed by atoms with Gasteiger partial charge in [-0.1, -0.05) is 74.0 Å². The Morgan fingerprint density at radius 3 is 2.16 bits per heavy atom. The lowest BCUT2D eigenvalue weighted by molar-refractivity contribution is -0.191. The molecule has 37 heavy (non-hydrogen) atoms. The van der Waals surface area contributed by atoms with Gasteiger partial charge in [-0.3, -0.25) is 14.4 Å². The molecule has 5 aliphatic carbocycles. The molecule has 5 aliphatic rings. The van der Waals surface area contributed by atoms with Crippen LogP contribution in [-0.2, 0) is 19.1 Å². The average molecular weight is 511 g/mol. The lowest BCUT2D eigenvalue weighted by atomic mass is 9.34. The van der Waals surface area contributed by atoms with Gasteiger partial charge >= 0.3 is 5.97 Å². The number of carbonyl (C=O) groups excluding carboxylic acids is 3. The predicted molar refractivity (Wildman–Crippen MR) is 148 cm³/mol. The Labute approximate surface area is 225 Å². The number of allylic oxidation sites excluding steroid dienone is 4. The van der Waals surface area contributed by atoms with Crippen molar-refractivity contribution in [2.45, 2.75) is 107 Å². The van der Waals surface area contributed by atoms with Crippen LogP contribution in [-0.4, -0.2) is 24.6 Å². The normalized spacial score (nSPS) is 45.1. The molecule has 0 bridgehead atoms. The first kappa shape index (κ1) is 28.3. The highest BCUT2D eigenvalue weighted by Gasteiger charge is 2.70. The number of fused-ring (bicyclic) bond motifs is 7. The van der Waals surface area contributed by atoms with E-state index in [1.807, 2.05) is 19.9 Å². The van der Waals surface area contributed by atoms with Crippen LogP contribution in [0.5, 0.6) is 0 Å². The summed E-state index contributed by atoms with van der Waals surface area (Å²) in [6.07, 6.45) is 12.1. The summed E-state index contributed by atoms with van der Waals surface area (Å²) in [5.41, 5.74) is -0.345. The van der Waals surface area contributed by atoms with Crippen LogP contribution in [0.25, 0.3) is 0 Å². The van der Waals surface area contributed by atoms with E-state index in [0.717, 1.165) is 44.9 Å². The highest BCUT2D eigenvalue weighted by Crippen LogP contribution is 2.74. The number of esters is 1. The maximum Gasteiger partial charge on any atom is 0.312 e. The SMILES string of the molecule is CC.COC(=O)[C@]12CCC(C)(C)CC1C1C(=O)C=C3C4(C)C=CC(=O)C(C)(C)C4CCC3(C)[C@]1(C)CC2. The van der Waals surface area contributed by atoms with E-state index in [1.165, 1.54) is 12.7 Å². The summed E-state index contributed by atoms with van der Waals surface area (Å²) >= 11 is 0. The first-order chi connectivity index (χ1) is 17.1. The predicted octanol–water partition coefficient (Wildman–Crippen LogP) is 7.51. The Kier molecular flexibility index (Phi) is 6.61. The molecule has 0 saturated heterocycles. The second-order valence-corrected chi connectivity index (χ2v) is 14.6. The quantitative estimate of drug-likeness (QED) is 0.342. The van der Waals surface area contributed by atoms with Gasteiger partial charge < -0.3 is 4.74 Å². The number of carbonyl (C=O) groups is 3. The van der Waals surface area contributed by atoms with Crippen molar-refractivity contribution < 1.29 is 19.1 Å². The van der Waals surface area contributed by atoms with Crippen LogP contribution in [0.1, 0.15) is 107 Å². The lowest BCUT2D eigenvalue weighted by Crippen LogP contribution is -2.65. The van der Waals surface area contributed by atoms with Gasteiger partial charge in [-0.25, -0.2) is 0 Å². The van der Waals surface area contributed by atoms with Gasteiger partial charge in [0.1, 0.15) is 0 Å². The van der Waals surface area contributed by atoms with Gasteiger partial charge in [0.25, 0.3) is 0 Å². The van der Waals surface area contributed by atoms with E-state index < -0.39 is 10.8 Å². The van der Waals surface area contributed by atoms with Crippen LogP contribution in [0.3, 0.4) is 0 Å². The van der Waals surface area contributed by atoms with Crippen LogP contribution in [0.15, 0.2) is 23.8 Å². The molecule has 5 rings (SSSR count). The van der Waals surface area contributed by atoms with Gasteiger partial charge in [0, 0.05) is 16.7 Å². The van der Waals surface area contributed by atoms with Gasteiger partial charge in [0.2, 0.25) is 0 Å². The Morgan fingerprint density at radius 2 is 1.54 bits per heavy atom. The van der Waals surface area contributed by atoms with Gasteiger partial charge in [0.05, 0.1) is 12.5 Å². The van der Waals surface area contributed by atoms with Gasteiger partial charge in [0.15, 0.2) is 11.6 Å². The molecule has 206 valence electrons. The lowest BCUT2D eigenvalue weighted by Gasteiger charge is -2.68. The largest absolute Gasteiger partial charge is 0.469 e. The number of ether oxygens (including phenoxy) is 1. The molecule has 0 spiro atoms. The first-order valence-corrected chi connectivity index (χ1v) is 14.7. The van der Waals surface area contributed by atoms with Crippen molar-refractivity contribution in [1.29, 1.82) is 0 Å². The molecular formula is C33H50O4. The zero-order valence-corrected chi connectivity index (χ0v) is 25.0. The Morgan fingerprint density at radius 1 is 0.919 bits per heavy atom. The number of methoxy groups -OCH3 is 1. The zero-order valence-electron chi connectivity index (χ0n) is 25.0. The molecule has 0 heterocycles. The van der Waals surface area contributed by atoms with E-state index in [1.54, 1.807) is 6.08 Å². The molecule has 3 saturated carbocycles. The minimum absolute atomic E-state index is 0.00465. The molecule has 0 aromatic heterocycles. The van der Waals surface area contributed by atoms with Crippen LogP contribution in [0.2, 0.25) is 0 Å². The topological polar surface area (TPSA) is 60.4 Å². The zero-order chi connectivity index (χ0) is 27.8. The molecule has 0 N–H and O–H groups in total. The maximum absolute atomic E-state index is 14.3. The van der Waals surface area contributed by atoms with Crippen LogP contribution >= 0.6 is 0 Å². The molecule has 0 aromatic carbocycles. The second-order valence-electron chi connectivity index (χ2n) is 14.6. The molecule has 4 heteroatoms. The van der Waals surface area contributed by atoms with Gasteiger partial charge in [-0.05, 0) is 85.2 Å². The number of hydrogen-bond acceptors (Lipinski definition) is 4. The molecule has 3 fully saturated rings. The van der Waals surface area contributed by atoms with Crippen LogP contribution in [0.4, 0.5) is 0 Å². The summed E-state index contributed by atoms with van der Waals surface area (Å²) in [6.45, 7) is 19.7. The number of ketones is 2. The van der Waals surface area contributed by atoms with Crippen LogP contribution < -0.4 is 0 Å². The third-order valence-electron chi connectivity index (χ3n) is 12.3. The summed E-state index contributed by atoms with van der Waals surface area (Å²) in [7, 11) is 1.50. The molecule has 7 atom stereocenters. The van der Waals surface area contributed by atoms with E-state index in [4.69, 9.17) is 4.74 Å². The standard InChI is InChI=1S/C31H44O4.C2H6/c1-26(2)13-15-31(25(34)35-8)16-14-30(7)24(19(31)18-26)20(32)17-22-28(5)11-10-23(33)27(3,4)21(28)9-12-29(22,30)6;1-2/h10-11,17,19,21,24H,9,12-16,18H2,1-8H3;1-2H3/t19?,21?,24?,28?,29?,30-,31+;/m1./s1. The highest BCUT2D eigenvalue weighted by atomic mass is 16.5. The molecule has 4 nitrogen and oxygen atoms in total. The molecule has 0 radical (unpaired) electrons. The second kappa shape index (κ2) is 8.65. The molecule has 5 unspecified atom stereocenters.